The summed E-state index contributed by atoms with van der Waals surface area (Å²) >= 11 is 0. The van der Waals surface area contributed by atoms with Crippen molar-refractivity contribution in [2.45, 2.75) is 13.0 Å². The Morgan fingerprint density at radius 1 is 1.67 bits per heavy atom. The van der Waals surface area contributed by atoms with Crippen molar-refractivity contribution in [3.05, 3.63) is 17.8 Å². The molecule has 1 N–H and O–H groups in total. The Morgan fingerprint density at radius 2 is 2.56 bits per heavy atom. The van der Waals surface area contributed by atoms with Gasteiger partial charge in [0.25, 0.3) is 0 Å². The summed E-state index contributed by atoms with van der Waals surface area (Å²) in [6.45, 7) is 6.48. The van der Waals surface area contributed by atoms with Crippen LogP contribution in [0.2, 0.25) is 0 Å². The van der Waals surface area contributed by atoms with E-state index in [4.69, 9.17) is 10.00 Å². The van der Waals surface area contributed by atoms with E-state index in [2.05, 4.69) is 33.4 Å². The van der Waals surface area contributed by atoms with E-state index < -0.39 is 0 Å². The third kappa shape index (κ3) is 3.15. The molecule has 0 spiro atoms. The lowest BCUT2D eigenvalue weighted by Gasteiger charge is -2.32. The fraction of sp³-hybridized carbons (Fsp3) is 0.583. The van der Waals surface area contributed by atoms with Crippen molar-refractivity contribution in [3.63, 3.8) is 0 Å². The first-order chi connectivity index (χ1) is 8.83. The Hall–Kier alpha value is -1.71. The van der Waals surface area contributed by atoms with Crippen molar-refractivity contribution in [1.82, 2.24) is 15.1 Å². The summed E-state index contributed by atoms with van der Waals surface area (Å²) in [5.74, 6) is 0.525. The predicted molar refractivity (Wildman–Crippen MR) is 67.1 cm³/mol. The van der Waals surface area contributed by atoms with Crippen molar-refractivity contribution >= 4 is 5.82 Å². The average molecular weight is 247 g/mol. The Bertz CT molecular complexity index is 431. The Kier molecular flexibility index (Phi) is 4.45. The third-order valence-corrected chi connectivity index (χ3v) is 3.01. The van der Waals surface area contributed by atoms with Crippen LogP contribution in [0.15, 0.2) is 12.3 Å². The maximum atomic E-state index is 8.94. The van der Waals surface area contributed by atoms with Crippen molar-refractivity contribution in [3.8, 4) is 6.07 Å². The Balaban J connectivity index is 1.89. The zero-order valence-corrected chi connectivity index (χ0v) is 10.5. The van der Waals surface area contributed by atoms with E-state index in [1.807, 2.05) is 0 Å². The van der Waals surface area contributed by atoms with Gasteiger partial charge < -0.3 is 10.1 Å². The van der Waals surface area contributed by atoms with Gasteiger partial charge in [-0.05, 0) is 12.6 Å². The molecule has 0 amide bonds. The minimum Gasteiger partial charge on any atom is -0.374 e. The topological polar surface area (TPSA) is 74.1 Å². The second-order valence-corrected chi connectivity index (χ2v) is 4.17. The second-order valence-electron chi connectivity index (χ2n) is 4.17. The Morgan fingerprint density at radius 3 is 3.33 bits per heavy atom. The molecule has 0 aromatic carbocycles. The molecule has 6 heteroatoms. The van der Waals surface area contributed by atoms with Gasteiger partial charge >= 0.3 is 0 Å². The lowest BCUT2D eigenvalue weighted by Crippen LogP contribution is -2.45. The maximum Gasteiger partial charge on any atom is 0.166 e. The fourth-order valence-electron chi connectivity index (χ4n) is 1.95. The fourth-order valence-corrected chi connectivity index (χ4v) is 1.95. The zero-order chi connectivity index (χ0) is 12.8. The number of hydrogen-bond acceptors (Lipinski definition) is 6. The monoisotopic (exact) mass is 247 g/mol. The highest BCUT2D eigenvalue weighted by Crippen LogP contribution is 2.10. The van der Waals surface area contributed by atoms with Crippen molar-refractivity contribution < 1.29 is 4.74 Å². The first-order valence-electron chi connectivity index (χ1n) is 6.13. The minimum atomic E-state index is 0.132. The molecule has 0 bridgehead atoms. The number of morpholine rings is 1. The highest BCUT2D eigenvalue weighted by Gasteiger charge is 2.19. The number of hydrogen-bond donors (Lipinski definition) is 1. The molecule has 1 unspecified atom stereocenters. The van der Waals surface area contributed by atoms with Gasteiger partial charge in [-0.2, -0.15) is 10.4 Å². The minimum absolute atomic E-state index is 0.132. The van der Waals surface area contributed by atoms with Crippen LogP contribution in [0.5, 0.6) is 0 Å². The molecule has 1 aromatic rings. The van der Waals surface area contributed by atoms with Crippen LogP contribution in [0.25, 0.3) is 0 Å². The molecule has 0 aliphatic carbocycles. The zero-order valence-electron chi connectivity index (χ0n) is 10.5. The van der Waals surface area contributed by atoms with Crippen LogP contribution >= 0.6 is 0 Å². The van der Waals surface area contributed by atoms with E-state index >= 15 is 0 Å². The van der Waals surface area contributed by atoms with Gasteiger partial charge in [-0.1, -0.05) is 6.92 Å². The molecule has 0 radical (unpaired) electrons. The van der Waals surface area contributed by atoms with E-state index in [0.29, 0.717) is 17.9 Å². The lowest BCUT2D eigenvalue weighted by molar-refractivity contribution is -0.0192. The van der Waals surface area contributed by atoms with Gasteiger partial charge in [-0.15, -0.1) is 5.10 Å². The normalized spacial score (nSPS) is 20.3. The van der Waals surface area contributed by atoms with Crippen molar-refractivity contribution in [2.75, 3.05) is 38.1 Å². The number of anilines is 1. The second kappa shape index (κ2) is 6.28. The number of rotatable bonds is 4. The van der Waals surface area contributed by atoms with E-state index in [1.54, 1.807) is 6.07 Å². The number of nitrogens with one attached hydrogen (secondary N) is 1. The van der Waals surface area contributed by atoms with Crippen LogP contribution in [0.1, 0.15) is 12.5 Å². The summed E-state index contributed by atoms with van der Waals surface area (Å²) in [7, 11) is 0. The smallest absolute Gasteiger partial charge is 0.166 e. The van der Waals surface area contributed by atoms with E-state index in [0.717, 1.165) is 26.2 Å². The predicted octanol–water partition coefficient (Wildman–Crippen LogP) is 0.481. The number of likely N-dealkylation sites (N-methyl/N-ethyl adjacent to an activating group) is 1. The molecule has 1 aromatic heterocycles. The summed E-state index contributed by atoms with van der Waals surface area (Å²) in [4.78, 5) is 2.34. The molecule has 1 aliphatic rings. The molecule has 1 atom stereocenters. The summed E-state index contributed by atoms with van der Waals surface area (Å²) in [6.07, 6.45) is 1.65. The lowest BCUT2D eigenvalue weighted by atomic mass is 10.2. The van der Waals surface area contributed by atoms with Crippen LogP contribution in [0, 0.1) is 11.3 Å². The molecule has 1 saturated heterocycles. The summed E-state index contributed by atoms with van der Waals surface area (Å²) in [5.41, 5.74) is 0.508. The summed E-state index contributed by atoms with van der Waals surface area (Å²) < 4.78 is 5.67. The van der Waals surface area contributed by atoms with Gasteiger partial charge in [-0.25, -0.2) is 0 Å². The van der Waals surface area contributed by atoms with Crippen molar-refractivity contribution in [1.29, 1.82) is 5.26 Å². The Labute approximate surface area is 107 Å². The molecular weight excluding hydrogens is 230 g/mol. The van der Waals surface area contributed by atoms with E-state index in [1.165, 1.54) is 6.20 Å². The molecule has 0 saturated carbocycles. The number of nitrogens with zero attached hydrogens (tertiary/aromatic N) is 4. The molecule has 2 rings (SSSR count). The molecule has 6 nitrogen and oxygen atoms in total. The number of nitriles is 1. The summed E-state index contributed by atoms with van der Waals surface area (Å²) in [5, 5.41) is 19.8. The SMILES string of the molecule is CCN1CCOC(CNc2nnccc2C#N)C1. The van der Waals surface area contributed by atoms with Gasteiger partial charge in [-0.3, -0.25) is 4.90 Å². The van der Waals surface area contributed by atoms with Crippen LogP contribution in [0.3, 0.4) is 0 Å². The largest absolute Gasteiger partial charge is 0.374 e. The quantitative estimate of drug-likeness (QED) is 0.834. The molecule has 1 aliphatic heterocycles. The molecule has 18 heavy (non-hydrogen) atoms. The van der Waals surface area contributed by atoms with Crippen molar-refractivity contribution in [2.24, 2.45) is 0 Å². The molecule has 2 heterocycles. The summed E-state index contributed by atoms with van der Waals surface area (Å²) in [6, 6.07) is 3.74. The van der Waals surface area contributed by atoms with Gasteiger partial charge in [0.1, 0.15) is 6.07 Å². The van der Waals surface area contributed by atoms with Crippen LogP contribution < -0.4 is 5.32 Å². The maximum absolute atomic E-state index is 8.94. The first kappa shape index (κ1) is 12.7. The molecular formula is C12H17N5O. The highest BCUT2D eigenvalue weighted by molar-refractivity contribution is 5.50. The van der Waals surface area contributed by atoms with Gasteiger partial charge in [0.15, 0.2) is 5.82 Å². The van der Waals surface area contributed by atoms with Crippen LogP contribution in [-0.2, 0) is 4.74 Å². The van der Waals surface area contributed by atoms with E-state index in [-0.39, 0.29) is 6.10 Å². The average Bonchev–Trinajstić information content (AvgIpc) is 2.45. The van der Waals surface area contributed by atoms with Gasteiger partial charge in [0.2, 0.25) is 0 Å². The van der Waals surface area contributed by atoms with Crippen LogP contribution in [0.4, 0.5) is 5.82 Å². The first-order valence-corrected chi connectivity index (χ1v) is 6.13. The van der Waals surface area contributed by atoms with Gasteiger partial charge in [0.05, 0.1) is 24.5 Å². The molecule has 1 fully saturated rings. The highest BCUT2D eigenvalue weighted by atomic mass is 16.5. The van der Waals surface area contributed by atoms with Crippen LogP contribution in [-0.4, -0.2) is 54.0 Å². The molecule has 96 valence electrons. The van der Waals surface area contributed by atoms with E-state index in [9.17, 15) is 0 Å². The number of aromatic nitrogens is 2. The standard InChI is InChI=1S/C12H17N5O/c1-2-17-5-6-18-11(9-17)8-14-12-10(7-13)3-4-15-16-12/h3-4,11H,2,5-6,8-9H2,1H3,(H,14,16). The third-order valence-electron chi connectivity index (χ3n) is 3.01. The van der Waals surface area contributed by atoms with Gasteiger partial charge in [0, 0.05) is 19.6 Å². The number of ether oxygens (including phenoxy) is 1.